The molecule has 0 radical (unpaired) electrons. The van der Waals surface area contributed by atoms with Gasteiger partial charge in [0.2, 0.25) is 0 Å². The number of piperidine rings is 1. The van der Waals surface area contributed by atoms with Crippen molar-refractivity contribution in [2.24, 2.45) is 5.73 Å². The van der Waals surface area contributed by atoms with Crippen LogP contribution in [0.3, 0.4) is 0 Å². The highest BCUT2D eigenvalue weighted by molar-refractivity contribution is 5.93. The molecule has 1 unspecified atom stereocenters. The highest BCUT2D eigenvalue weighted by atomic mass is 16.1. The lowest BCUT2D eigenvalue weighted by atomic mass is 9.96. The number of carbonyl (C=O) groups excluding carboxylic acids is 1. The van der Waals surface area contributed by atoms with Crippen LogP contribution in [0.2, 0.25) is 0 Å². The highest BCUT2D eigenvalue weighted by Gasteiger charge is 2.41. The van der Waals surface area contributed by atoms with E-state index in [2.05, 4.69) is 57.0 Å². The van der Waals surface area contributed by atoms with Crippen molar-refractivity contribution in [3.8, 4) is 0 Å². The first-order valence-electron chi connectivity index (χ1n) is 9.76. The van der Waals surface area contributed by atoms with E-state index in [9.17, 15) is 4.79 Å². The average Bonchev–Trinajstić information content (AvgIpc) is 3.19. The molecular weight excluding hydrogens is 336 g/mol. The summed E-state index contributed by atoms with van der Waals surface area (Å²) < 4.78 is 2.27. The molecule has 27 heavy (non-hydrogen) atoms. The number of nitrogens with two attached hydrogens (primary N) is 1. The maximum atomic E-state index is 11.5. The van der Waals surface area contributed by atoms with Gasteiger partial charge in [0.15, 0.2) is 0 Å². The number of benzene rings is 1. The normalized spacial score (nSPS) is 25.1. The minimum atomic E-state index is -0.470. The van der Waals surface area contributed by atoms with Crippen LogP contribution in [0.25, 0.3) is 11.0 Å². The van der Waals surface area contributed by atoms with Crippen molar-refractivity contribution in [2.75, 3.05) is 0 Å². The molecule has 1 aromatic carbocycles. The molecule has 0 aliphatic carbocycles. The summed E-state index contributed by atoms with van der Waals surface area (Å²) in [6, 6.07) is 18.2. The van der Waals surface area contributed by atoms with Gasteiger partial charge < -0.3 is 10.3 Å². The number of primary amides is 1. The molecule has 2 aliphatic rings. The van der Waals surface area contributed by atoms with E-state index in [0.29, 0.717) is 23.8 Å². The SMILES string of the molecule is NC(=O)c1ccc2ccn(C3C[C@H]4CC[C@@H](C3)N4Cc3ccccc3)c2n1. The number of aromatic nitrogens is 2. The van der Waals surface area contributed by atoms with Crippen LogP contribution in [-0.2, 0) is 6.54 Å². The Labute approximate surface area is 158 Å². The molecule has 2 fully saturated rings. The Morgan fingerprint density at radius 2 is 1.74 bits per heavy atom. The first kappa shape index (κ1) is 16.5. The number of carbonyl (C=O) groups is 1. The van der Waals surface area contributed by atoms with Gasteiger partial charge in [-0.15, -0.1) is 0 Å². The molecule has 5 nitrogen and oxygen atoms in total. The van der Waals surface area contributed by atoms with Gasteiger partial charge in [0.1, 0.15) is 11.3 Å². The molecule has 2 aromatic heterocycles. The Kier molecular flexibility index (Phi) is 3.97. The Morgan fingerprint density at radius 1 is 1.00 bits per heavy atom. The van der Waals surface area contributed by atoms with E-state index in [0.717, 1.165) is 30.4 Å². The quantitative estimate of drug-likeness (QED) is 0.774. The Morgan fingerprint density at radius 3 is 2.44 bits per heavy atom. The summed E-state index contributed by atoms with van der Waals surface area (Å²) in [6.07, 6.45) is 6.94. The van der Waals surface area contributed by atoms with Gasteiger partial charge in [-0.2, -0.15) is 0 Å². The third-order valence-electron chi connectivity index (χ3n) is 6.28. The lowest BCUT2D eigenvalue weighted by molar-refractivity contribution is 0.0990. The van der Waals surface area contributed by atoms with Crippen molar-refractivity contribution in [2.45, 2.75) is 50.4 Å². The lowest BCUT2D eigenvalue weighted by Gasteiger charge is -2.39. The smallest absolute Gasteiger partial charge is 0.267 e. The number of rotatable bonds is 4. The monoisotopic (exact) mass is 360 g/mol. The van der Waals surface area contributed by atoms with Crippen molar-refractivity contribution in [3.05, 3.63) is 66.0 Å². The maximum absolute atomic E-state index is 11.5. The van der Waals surface area contributed by atoms with E-state index in [1.165, 1.54) is 18.4 Å². The molecule has 1 amide bonds. The van der Waals surface area contributed by atoms with Crippen molar-refractivity contribution >= 4 is 16.9 Å². The molecule has 0 spiro atoms. The molecule has 2 bridgehead atoms. The van der Waals surface area contributed by atoms with Crippen LogP contribution in [0, 0.1) is 0 Å². The van der Waals surface area contributed by atoms with Gasteiger partial charge in [0, 0.05) is 36.3 Å². The Balaban J connectivity index is 1.40. The molecule has 5 rings (SSSR count). The summed E-state index contributed by atoms with van der Waals surface area (Å²) in [6.45, 7) is 1.04. The van der Waals surface area contributed by atoms with Gasteiger partial charge in [-0.1, -0.05) is 30.3 Å². The summed E-state index contributed by atoms with van der Waals surface area (Å²) in [5.41, 5.74) is 8.05. The van der Waals surface area contributed by atoms with Crippen LogP contribution in [-0.4, -0.2) is 32.4 Å². The minimum absolute atomic E-state index is 0.340. The van der Waals surface area contributed by atoms with E-state index in [4.69, 9.17) is 5.73 Å². The lowest BCUT2D eigenvalue weighted by Crippen LogP contribution is -2.42. The topological polar surface area (TPSA) is 64.2 Å². The molecule has 2 N–H and O–H groups in total. The van der Waals surface area contributed by atoms with E-state index in [1.54, 1.807) is 6.07 Å². The van der Waals surface area contributed by atoms with E-state index < -0.39 is 5.91 Å². The summed E-state index contributed by atoms with van der Waals surface area (Å²) in [5.74, 6) is -0.470. The Bertz CT molecular complexity index is 966. The zero-order valence-corrected chi connectivity index (χ0v) is 15.3. The second kappa shape index (κ2) is 6.50. The van der Waals surface area contributed by atoms with Crippen LogP contribution in [0.4, 0.5) is 0 Å². The molecule has 2 aliphatic heterocycles. The van der Waals surface area contributed by atoms with Crippen LogP contribution >= 0.6 is 0 Å². The third kappa shape index (κ3) is 2.92. The number of pyridine rings is 1. The number of fused-ring (bicyclic) bond motifs is 3. The van der Waals surface area contributed by atoms with Gasteiger partial charge in [-0.05, 0) is 49.4 Å². The highest BCUT2D eigenvalue weighted by Crippen LogP contribution is 2.42. The average molecular weight is 360 g/mol. The van der Waals surface area contributed by atoms with E-state index in [-0.39, 0.29) is 0 Å². The predicted octanol–water partition coefficient (Wildman–Crippen LogP) is 3.50. The summed E-state index contributed by atoms with van der Waals surface area (Å²) >= 11 is 0. The molecule has 3 atom stereocenters. The molecule has 5 heteroatoms. The molecular formula is C22H24N4O. The molecule has 0 saturated carbocycles. The fourth-order valence-corrected chi connectivity index (χ4v) is 4.98. The second-order valence-corrected chi connectivity index (χ2v) is 7.86. The van der Waals surface area contributed by atoms with Crippen molar-refractivity contribution in [3.63, 3.8) is 0 Å². The standard InChI is InChI=1S/C22H24N4O/c23-21(27)20-9-6-16-10-11-25(22(16)24-20)19-12-17-7-8-18(13-19)26(17)14-15-4-2-1-3-5-15/h1-6,9-11,17-19H,7-8,12-14H2,(H2,23,27)/t17-,18+,19?. The fraction of sp³-hybridized carbons (Fsp3) is 0.364. The number of hydrogen-bond donors (Lipinski definition) is 1. The number of hydrogen-bond acceptors (Lipinski definition) is 3. The van der Waals surface area contributed by atoms with Crippen molar-refractivity contribution in [1.29, 1.82) is 0 Å². The molecule has 3 aromatic rings. The number of nitrogens with zero attached hydrogens (tertiary/aromatic N) is 3. The third-order valence-corrected chi connectivity index (χ3v) is 6.28. The van der Waals surface area contributed by atoms with Crippen LogP contribution in [0.1, 0.15) is 47.8 Å². The number of amides is 1. The Hall–Kier alpha value is -2.66. The van der Waals surface area contributed by atoms with Crippen LogP contribution in [0.5, 0.6) is 0 Å². The summed E-state index contributed by atoms with van der Waals surface area (Å²) in [5, 5.41) is 1.07. The molecule has 138 valence electrons. The predicted molar refractivity (Wildman–Crippen MR) is 105 cm³/mol. The first-order valence-corrected chi connectivity index (χ1v) is 9.76. The van der Waals surface area contributed by atoms with Gasteiger partial charge in [0.25, 0.3) is 5.91 Å². The largest absolute Gasteiger partial charge is 0.364 e. The fourth-order valence-electron chi connectivity index (χ4n) is 4.98. The van der Waals surface area contributed by atoms with Crippen molar-refractivity contribution in [1.82, 2.24) is 14.5 Å². The van der Waals surface area contributed by atoms with E-state index in [1.807, 2.05) is 6.07 Å². The van der Waals surface area contributed by atoms with Crippen LogP contribution < -0.4 is 5.73 Å². The molecule has 2 saturated heterocycles. The minimum Gasteiger partial charge on any atom is -0.364 e. The van der Waals surface area contributed by atoms with Gasteiger partial charge >= 0.3 is 0 Å². The van der Waals surface area contributed by atoms with Crippen molar-refractivity contribution < 1.29 is 4.79 Å². The first-order chi connectivity index (χ1) is 13.2. The van der Waals surface area contributed by atoms with Crippen LogP contribution in [0.15, 0.2) is 54.7 Å². The second-order valence-electron chi connectivity index (χ2n) is 7.86. The maximum Gasteiger partial charge on any atom is 0.267 e. The molecule has 4 heterocycles. The van der Waals surface area contributed by atoms with Gasteiger partial charge in [0.05, 0.1) is 0 Å². The zero-order valence-electron chi connectivity index (χ0n) is 15.3. The zero-order chi connectivity index (χ0) is 18.4. The van der Waals surface area contributed by atoms with Gasteiger partial charge in [-0.3, -0.25) is 9.69 Å². The summed E-state index contributed by atoms with van der Waals surface area (Å²) in [7, 11) is 0. The van der Waals surface area contributed by atoms with Gasteiger partial charge in [-0.25, -0.2) is 4.98 Å². The van der Waals surface area contributed by atoms with E-state index >= 15 is 0 Å². The summed E-state index contributed by atoms with van der Waals surface area (Å²) in [4.78, 5) is 18.8.